The molecule has 0 saturated carbocycles. The van der Waals surface area contributed by atoms with Crippen molar-refractivity contribution in [2.24, 2.45) is 0 Å². The largest absolute Gasteiger partial charge is 0.397 e. The molecule has 168 valence electrons. The van der Waals surface area contributed by atoms with Crippen molar-refractivity contribution in [2.45, 2.75) is 51.4 Å². The molecular weight excluding hydrogens is 406 g/mol. The third-order valence-electron chi connectivity index (χ3n) is 7.26. The lowest BCUT2D eigenvalue weighted by atomic mass is 9.63. The lowest BCUT2D eigenvalue weighted by molar-refractivity contribution is 0.102. The predicted octanol–water partition coefficient (Wildman–Crippen LogP) is 7.02. The van der Waals surface area contributed by atoms with Crippen molar-refractivity contribution >= 4 is 28.2 Å². The van der Waals surface area contributed by atoms with Crippen molar-refractivity contribution in [1.82, 2.24) is 4.98 Å². The topological polar surface area (TPSA) is 70.9 Å². The number of hydrogen-bond donors (Lipinski definition) is 3. The minimum atomic E-state index is -0.171. The van der Waals surface area contributed by atoms with Crippen LogP contribution in [0.1, 0.15) is 62.0 Å². The second kappa shape index (κ2) is 7.51. The van der Waals surface area contributed by atoms with Gasteiger partial charge >= 0.3 is 0 Å². The van der Waals surface area contributed by atoms with E-state index in [1.54, 1.807) is 12.1 Å². The van der Waals surface area contributed by atoms with Crippen molar-refractivity contribution in [2.75, 3.05) is 11.1 Å². The molecule has 1 amide bonds. The summed E-state index contributed by atoms with van der Waals surface area (Å²) in [6.07, 6.45) is 2.39. The average molecular weight is 438 g/mol. The number of H-pyrrole nitrogens is 1. The van der Waals surface area contributed by atoms with Gasteiger partial charge in [0.05, 0.1) is 11.4 Å². The molecule has 0 atom stereocenters. The van der Waals surface area contributed by atoms with Gasteiger partial charge in [0.25, 0.3) is 5.91 Å². The van der Waals surface area contributed by atoms with Gasteiger partial charge in [0.2, 0.25) is 0 Å². The molecule has 4 heteroatoms. The number of carbonyl (C=O) groups excluding carboxylic acids is 1. The number of amides is 1. The highest BCUT2D eigenvalue weighted by Gasteiger charge is 2.37. The first-order valence-electron chi connectivity index (χ1n) is 11.6. The molecule has 3 aromatic carbocycles. The summed E-state index contributed by atoms with van der Waals surface area (Å²) in [4.78, 5) is 16.3. The van der Waals surface area contributed by atoms with E-state index in [0.29, 0.717) is 16.9 Å². The number of carbonyl (C=O) groups is 1. The van der Waals surface area contributed by atoms with E-state index in [2.05, 4.69) is 62.3 Å². The van der Waals surface area contributed by atoms with Crippen LogP contribution in [0.4, 0.5) is 11.4 Å². The number of para-hydroxylation sites is 2. The molecule has 0 saturated heterocycles. The summed E-state index contributed by atoms with van der Waals surface area (Å²) in [6.45, 7) is 9.39. The Balaban J connectivity index is 1.48. The first-order chi connectivity index (χ1) is 15.6. The first kappa shape index (κ1) is 21.3. The summed E-state index contributed by atoms with van der Waals surface area (Å²) in [5.74, 6) is -0.171. The highest BCUT2D eigenvalue weighted by Crippen LogP contribution is 2.46. The number of benzene rings is 3. The number of hydrogen-bond acceptors (Lipinski definition) is 2. The van der Waals surface area contributed by atoms with Crippen molar-refractivity contribution < 1.29 is 4.79 Å². The van der Waals surface area contributed by atoms with Gasteiger partial charge in [-0.05, 0) is 82.8 Å². The molecule has 1 heterocycles. The number of rotatable bonds is 3. The van der Waals surface area contributed by atoms with Crippen LogP contribution >= 0.6 is 0 Å². The zero-order valence-corrected chi connectivity index (χ0v) is 19.8. The van der Waals surface area contributed by atoms with E-state index in [1.165, 1.54) is 29.5 Å². The van der Waals surface area contributed by atoms with Gasteiger partial charge in [-0.3, -0.25) is 4.79 Å². The molecule has 4 nitrogen and oxygen atoms in total. The molecule has 4 aromatic rings. The third-order valence-corrected chi connectivity index (χ3v) is 7.26. The van der Waals surface area contributed by atoms with E-state index in [1.807, 2.05) is 30.3 Å². The van der Waals surface area contributed by atoms with Crippen molar-refractivity contribution in [3.63, 3.8) is 0 Å². The Morgan fingerprint density at radius 3 is 2.36 bits per heavy atom. The SMILES string of the molecule is CC1(C)CCC(C)(C)c2cc(-c3cc4cc(C(=O)Nc5ccccc5N)ccc4[nH]3)ccc21. The number of aromatic nitrogens is 1. The number of nitrogen functional groups attached to an aromatic ring is 1. The Kier molecular flexibility index (Phi) is 4.86. The Labute approximate surface area is 195 Å². The molecule has 5 rings (SSSR count). The second-order valence-electron chi connectivity index (χ2n) is 10.6. The first-order valence-corrected chi connectivity index (χ1v) is 11.6. The number of nitrogens with one attached hydrogen (secondary N) is 2. The Hall–Kier alpha value is -3.53. The summed E-state index contributed by atoms with van der Waals surface area (Å²) in [7, 11) is 0. The van der Waals surface area contributed by atoms with Gasteiger partial charge in [0.1, 0.15) is 0 Å². The van der Waals surface area contributed by atoms with E-state index in [-0.39, 0.29) is 16.7 Å². The molecule has 1 aromatic heterocycles. The molecule has 0 spiro atoms. The van der Waals surface area contributed by atoms with Crippen LogP contribution in [0.5, 0.6) is 0 Å². The zero-order valence-electron chi connectivity index (χ0n) is 19.8. The summed E-state index contributed by atoms with van der Waals surface area (Å²) in [6, 6.07) is 22.0. The molecule has 0 fully saturated rings. The highest BCUT2D eigenvalue weighted by molar-refractivity contribution is 6.07. The average Bonchev–Trinajstić information content (AvgIpc) is 3.22. The molecule has 0 bridgehead atoms. The van der Waals surface area contributed by atoms with Crippen LogP contribution in [-0.4, -0.2) is 10.9 Å². The summed E-state index contributed by atoms with van der Waals surface area (Å²) >= 11 is 0. The van der Waals surface area contributed by atoms with E-state index >= 15 is 0 Å². The van der Waals surface area contributed by atoms with Gasteiger partial charge in [-0.2, -0.15) is 0 Å². The number of anilines is 2. The smallest absolute Gasteiger partial charge is 0.255 e. The molecule has 33 heavy (non-hydrogen) atoms. The Morgan fingerprint density at radius 2 is 1.61 bits per heavy atom. The number of nitrogens with two attached hydrogens (primary N) is 1. The second-order valence-corrected chi connectivity index (χ2v) is 10.6. The minimum Gasteiger partial charge on any atom is -0.397 e. The van der Waals surface area contributed by atoms with Crippen LogP contribution in [0.25, 0.3) is 22.2 Å². The molecule has 0 radical (unpaired) electrons. The fraction of sp³-hybridized carbons (Fsp3) is 0.276. The highest BCUT2D eigenvalue weighted by atomic mass is 16.1. The van der Waals surface area contributed by atoms with E-state index in [4.69, 9.17) is 5.73 Å². The Bertz CT molecular complexity index is 1380. The van der Waals surface area contributed by atoms with Crippen LogP contribution in [-0.2, 0) is 10.8 Å². The van der Waals surface area contributed by atoms with Gasteiger partial charge in [-0.1, -0.05) is 52.0 Å². The van der Waals surface area contributed by atoms with Gasteiger partial charge in [0.15, 0.2) is 0 Å². The van der Waals surface area contributed by atoms with Gasteiger partial charge in [0, 0.05) is 22.2 Å². The van der Waals surface area contributed by atoms with Gasteiger partial charge in [-0.15, -0.1) is 0 Å². The molecule has 4 N–H and O–H groups in total. The summed E-state index contributed by atoms with van der Waals surface area (Å²) in [5.41, 5.74) is 14.3. The molecular formula is C29H31N3O. The van der Waals surface area contributed by atoms with Crippen molar-refractivity contribution in [1.29, 1.82) is 0 Å². The maximum absolute atomic E-state index is 12.8. The molecule has 1 aliphatic carbocycles. The van der Waals surface area contributed by atoms with E-state index in [9.17, 15) is 4.79 Å². The molecule has 0 unspecified atom stereocenters. The lowest BCUT2D eigenvalue weighted by Crippen LogP contribution is -2.33. The lowest BCUT2D eigenvalue weighted by Gasteiger charge is -2.42. The predicted molar refractivity (Wildman–Crippen MR) is 138 cm³/mol. The fourth-order valence-electron chi connectivity index (χ4n) is 4.99. The van der Waals surface area contributed by atoms with Crippen LogP contribution < -0.4 is 11.1 Å². The fourth-order valence-corrected chi connectivity index (χ4v) is 4.99. The monoisotopic (exact) mass is 437 g/mol. The maximum atomic E-state index is 12.8. The summed E-state index contributed by atoms with van der Waals surface area (Å²) in [5, 5.41) is 3.92. The van der Waals surface area contributed by atoms with Crippen LogP contribution in [0.2, 0.25) is 0 Å². The molecule has 0 aliphatic heterocycles. The summed E-state index contributed by atoms with van der Waals surface area (Å²) < 4.78 is 0. The normalized spacial score (nSPS) is 16.4. The third kappa shape index (κ3) is 3.80. The quantitative estimate of drug-likeness (QED) is 0.301. The van der Waals surface area contributed by atoms with E-state index in [0.717, 1.165) is 16.6 Å². The van der Waals surface area contributed by atoms with Gasteiger partial charge in [-0.25, -0.2) is 0 Å². The number of fused-ring (bicyclic) bond motifs is 2. The standard InChI is InChI=1S/C29H31N3O/c1-28(2)13-14-29(3,4)22-16-18(9-11-21(22)28)26-17-20-15-19(10-12-24(20)31-26)27(33)32-25-8-6-5-7-23(25)30/h5-12,15-17,31H,13-14,30H2,1-4H3,(H,32,33). The van der Waals surface area contributed by atoms with Crippen LogP contribution in [0.3, 0.4) is 0 Å². The van der Waals surface area contributed by atoms with Crippen LogP contribution in [0, 0.1) is 0 Å². The van der Waals surface area contributed by atoms with Crippen molar-refractivity contribution in [3.05, 3.63) is 83.4 Å². The molecule has 1 aliphatic rings. The van der Waals surface area contributed by atoms with Gasteiger partial charge < -0.3 is 16.0 Å². The van der Waals surface area contributed by atoms with Crippen molar-refractivity contribution in [3.8, 4) is 11.3 Å². The zero-order chi connectivity index (χ0) is 23.4. The van der Waals surface area contributed by atoms with Crippen LogP contribution in [0.15, 0.2) is 66.7 Å². The van der Waals surface area contributed by atoms with E-state index < -0.39 is 0 Å². The minimum absolute atomic E-state index is 0.164. The maximum Gasteiger partial charge on any atom is 0.255 e. The number of aromatic amines is 1. The Morgan fingerprint density at radius 1 is 0.879 bits per heavy atom.